The summed E-state index contributed by atoms with van der Waals surface area (Å²) in [6.07, 6.45) is 3.71. The molecule has 1 aliphatic heterocycles. The van der Waals surface area contributed by atoms with Gasteiger partial charge in [0.05, 0.1) is 58.5 Å². The van der Waals surface area contributed by atoms with E-state index in [0.717, 1.165) is 63.5 Å². The van der Waals surface area contributed by atoms with Crippen LogP contribution in [0.2, 0.25) is 0 Å². The largest absolute Gasteiger partial charge is 0.378 e. The van der Waals surface area contributed by atoms with Gasteiger partial charge in [0.25, 0.3) is 0 Å². The van der Waals surface area contributed by atoms with Crippen molar-refractivity contribution in [3.05, 3.63) is 53.0 Å². The van der Waals surface area contributed by atoms with E-state index >= 15 is 0 Å². The second-order valence-corrected chi connectivity index (χ2v) is 11.8. The molecule has 1 fully saturated rings. The van der Waals surface area contributed by atoms with E-state index in [2.05, 4.69) is 52.8 Å². The van der Waals surface area contributed by atoms with Crippen LogP contribution in [0.3, 0.4) is 0 Å². The smallest absolute Gasteiger partial charge is 0.328 e. The molecule has 4 heterocycles. The molecule has 0 radical (unpaired) electrons. The zero-order chi connectivity index (χ0) is 29.2. The van der Waals surface area contributed by atoms with E-state index in [1.54, 1.807) is 20.0 Å². The number of anilines is 2. The van der Waals surface area contributed by atoms with Crippen molar-refractivity contribution in [2.45, 2.75) is 33.1 Å². The number of rotatable bonds is 4. The van der Waals surface area contributed by atoms with Gasteiger partial charge in [-0.2, -0.15) is 5.10 Å². The van der Waals surface area contributed by atoms with Gasteiger partial charge in [-0.1, -0.05) is 20.8 Å². The van der Waals surface area contributed by atoms with Crippen molar-refractivity contribution in [2.75, 3.05) is 36.5 Å². The van der Waals surface area contributed by atoms with Gasteiger partial charge < -0.3 is 15.0 Å². The number of nitrogens with zero attached hydrogens (tertiary/aromatic N) is 7. The lowest BCUT2D eigenvalue weighted by Crippen LogP contribution is -2.36. The molecule has 2 aromatic carbocycles. The zero-order valence-corrected chi connectivity index (χ0v) is 24.6. The number of aromatic nitrogens is 6. The second-order valence-electron chi connectivity index (χ2n) is 11.8. The Morgan fingerprint density at radius 1 is 1.00 bits per heavy atom. The molecule has 3 aromatic heterocycles. The van der Waals surface area contributed by atoms with Gasteiger partial charge in [0.2, 0.25) is 5.91 Å². The van der Waals surface area contributed by atoms with Gasteiger partial charge in [0.15, 0.2) is 0 Å². The molecule has 0 atom stereocenters. The Labute approximate surface area is 237 Å². The van der Waals surface area contributed by atoms with E-state index in [1.807, 2.05) is 39.5 Å². The maximum atomic E-state index is 13.1. The van der Waals surface area contributed by atoms with Crippen LogP contribution in [0.1, 0.15) is 33.5 Å². The molecular weight excluding hydrogens is 520 g/mol. The Balaban J connectivity index is 1.68. The molecule has 0 saturated carbocycles. The molecule has 0 aliphatic carbocycles. The minimum Gasteiger partial charge on any atom is -0.378 e. The molecule has 1 amide bonds. The number of carbonyl (C=O) groups is 1. The number of hydrogen-bond donors (Lipinski definition) is 1. The number of ether oxygens (including phenoxy) is 1. The summed E-state index contributed by atoms with van der Waals surface area (Å²) in [4.78, 5) is 32.8. The Morgan fingerprint density at radius 2 is 1.73 bits per heavy atom. The summed E-state index contributed by atoms with van der Waals surface area (Å²) in [6.45, 7) is 10.7. The molecule has 0 unspecified atom stereocenters. The Kier molecular flexibility index (Phi) is 6.29. The molecule has 1 saturated heterocycles. The second kappa shape index (κ2) is 9.62. The SMILES string of the molecule is CC(=O)Nc1cc2c(cc1-c1cnn(C)c1)nc(C(C)(C)C)n2-c1cc(N2CCOCC2)c2c(c1)n(C)c(=O)n2C. The Morgan fingerprint density at radius 3 is 2.37 bits per heavy atom. The monoisotopic (exact) mass is 556 g/mol. The lowest BCUT2D eigenvalue weighted by molar-refractivity contribution is -0.114. The van der Waals surface area contributed by atoms with Crippen molar-refractivity contribution in [1.82, 2.24) is 28.5 Å². The number of hydrogen-bond acceptors (Lipinski definition) is 6. The molecule has 1 N–H and O–H groups in total. The van der Waals surface area contributed by atoms with Crippen LogP contribution in [0.5, 0.6) is 0 Å². The summed E-state index contributed by atoms with van der Waals surface area (Å²) in [5.41, 5.74) is 7.31. The van der Waals surface area contributed by atoms with Crippen LogP contribution in [-0.4, -0.2) is 60.7 Å². The van der Waals surface area contributed by atoms with Crippen molar-refractivity contribution >= 4 is 39.3 Å². The van der Waals surface area contributed by atoms with E-state index in [-0.39, 0.29) is 17.0 Å². The van der Waals surface area contributed by atoms with E-state index in [0.29, 0.717) is 18.9 Å². The van der Waals surface area contributed by atoms with Gasteiger partial charge in [-0.25, -0.2) is 9.78 Å². The third-order valence-corrected chi connectivity index (χ3v) is 7.73. The fourth-order valence-electron chi connectivity index (χ4n) is 5.77. The fraction of sp³-hybridized carbons (Fsp3) is 0.400. The topological polar surface area (TPSA) is 104 Å². The molecule has 11 heteroatoms. The average molecular weight is 557 g/mol. The number of aryl methyl sites for hydroxylation is 3. The number of benzene rings is 2. The molecule has 41 heavy (non-hydrogen) atoms. The summed E-state index contributed by atoms with van der Waals surface area (Å²) in [6, 6.07) is 8.22. The number of carbonyl (C=O) groups excluding carboxylic acids is 1. The van der Waals surface area contributed by atoms with Crippen molar-refractivity contribution < 1.29 is 9.53 Å². The first-order valence-electron chi connectivity index (χ1n) is 13.8. The number of fused-ring (bicyclic) bond motifs is 2. The highest BCUT2D eigenvalue weighted by molar-refractivity contribution is 6.00. The molecule has 1 aliphatic rings. The molecule has 0 bridgehead atoms. The minimum atomic E-state index is -0.307. The van der Waals surface area contributed by atoms with E-state index in [4.69, 9.17) is 9.72 Å². The third kappa shape index (κ3) is 4.50. The van der Waals surface area contributed by atoms with E-state index in [1.165, 1.54) is 6.92 Å². The number of morpholine rings is 1. The van der Waals surface area contributed by atoms with E-state index in [9.17, 15) is 9.59 Å². The molecule has 214 valence electrons. The van der Waals surface area contributed by atoms with Crippen LogP contribution in [-0.2, 0) is 36.1 Å². The lowest BCUT2D eigenvalue weighted by Gasteiger charge is -2.30. The maximum absolute atomic E-state index is 13.1. The number of imidazole rings is 2. The van der Waals surface area contributed by atoms with Gasteiger partial charge in [-0.15, -0.1) is 0 Å². The van der Waals surface area contributed by atoms with Gasteiger partial charge in [-0.3, -0.25) is 23.2 Å². The zero-order valence-electron chi connectivity index (χ0n) is 24.6. The highest BCUT2D eigenvalue weighted by Crippen LogP contribution is 2.38. The average Bonchev–Trinajstić information content (AvgIpc) is 3.59. The Bertz CT molecular complexity index is 1880. The molecular formula is C30H36N8O3. The number of nitrogens with one attached hydrogen (secondary N) is 1. The third-order valence-electron chi connectivity index (χ3n) is 7.73. The maximum Gasteiger partial charge on any atom is 0.328 e. The highest BCUT2D eigenvalue weighted by Gasteiger charge is 2.28. The summed E-state index contributed by atoms with van der Waals surface area (Å²) >= 11 is 0. The van der Waals surface area contributed by atoms with Gasteiger partial charge in [-0.05, 0) is 24.3 Å². The highest BCUT2D eigenvalue weighted by atomic mass is 16.5. The first-order chi connectivity index (χ1) is 19.4. The first kappa shape index (κ1) is 26.8. The molecule has 11 nitrogen and oxygen atoms in total. The van der Waals surface area contributed by atoms with Crippen molar-refractivity contribution in [3.8, 4) is 16.8 Å². The van der Waals surface area contributed by atoms with Crippen LogP contribution >= 0.6 is 0 Å². The number of amides is 1. The van der Waals surface area contributed by atoms with Crippen molar-refractivity contribution in [3.63, 3.8) is 0 Å². The molecule has 5 aromatic rings. The predicted molar refractivity (Wildman–Crippen MR) is 161 cm³/mol. The first-order valence-corrected chi connectivity index (χ1v) is 13.8. The van der Waals surface area contributed by atoms with Crippen LogP contribution in [0.4, 0.5) is 11.4 Å². The van der Waals surface area contributed by atoms with Crippen LogP contribution in [0.25, 0.3) is 38.9 Å². The van der Waals surface area contributed by atoms with Crippen molar-refractivity contribution in [1.29, 1.82) is 0 Å². The summed E-state index contributed by atoms with van der Waals surface area (Å²) < 4.78 is 13.0. The summed E-state index contributed by atoms with van der Waals surface area (Å²) in [5.74, 6) is 0.713. The fourth-order valence-corrected chi connectivity index (χ4v) is 5.77. The lowest BCUT2D eigenvalue weighted by atomic mass is 9.95. The van der Waals surface area contributed by atoms with Gasteiger partial charge in [0, 0.05) is 63.9 Å². The van der Waals surface area contributed by atoms with Crippen LogP contribution < -0.4 is 15.9 Å². The summed E-state index contributed by atoms with van der Waals surface area (Å²) in [5, 5.41) is 7.36. The van der Waals surface area contributed by atoms with Crippen molar-refractivity contribution in [2.24, 2.45) is 21.1 Å². The Hall–Kier alpha value is -4.38. The van der Waals surface area contributed by atoms with E-state index < -0.39 is 0 Å². The predicted octanol–water partition coefficient (Wildman–Crippen LogP) is 3.71. The minimum absolute atomic E-state index is 0.0766. The van der Waals surface area contributed by atoms with Gasteiger partial charge >= 0.3 is 5.69 Å². The molecule has 0 spiro atoms. The quantitative estimate of drug-likeness (QED) is 0.362. The van der Waals surface area contributed by atoms with Crippen LogP contribution in [0, 0.1) is 0 Å². The van der Waals surface area contributed by atoms with Crippen LogP contribution in [0.15, 0.2) is 41.5 Å². The summed E-state index contributed by atoms with van der Waals surface area (Å²) in [7, 11) is 5.50. The normalized spacial score (nSPS) is 14.4. The standard InChI is InChI=1S/C30H36N8O3/c1-18(39)32-22-15-24-23(14-21(22)19-16-31-34(5)17-19)33-28(30(2,3)4)38(24)20-12-25-27(36(7)29(40)35(25)6)26(13-20)37-8-10-41-11-9-37/h12-17H,8-11H2,1-7H3,(H,32,39). The van der Waals surface area contributed by atoms with Gasteiger partial charge in [0.1, 0.15) is 5.82 Å². The molecule has 6 rings (SSSR count).